The number of H-pyrrole nitrogens is 1. The first-order valence-corrected chi connectivity index (χ1v) is 10.6. The number of rotatable bonds is 8. The first-order valence-electron chi connectivity index (χ1n) is 10.6. The Hall–Kier alpha value is -4.34. The summed E-state index contributed by atoms with van der Waals surface area (Å²) in [6.07, 6.45) is 1.42. The summed E-state index contributed by atoms with van der Waals surface area (Å²) in [7, 11) is 0. The lowest BCUT2D eigenvalue weighted by atomic mass is 10.0. The summed E-state index contributed by atoms with van der Waals surface area (Å²) >= 11 is 0. The molecule has 9 nitrogen and oxygen atoms in total. The van der Waals surface area contributed by atoms with E-state index in [1.54, 1.807) is 19.1 Å². The second-order valence-electron chi connectivity index (χ2n) is 7.56. The van der Waals surface area contributed by atoms with Gasteiger partial charge in [-0.1, -0.05) is 35.9 Å². The number of nitrogens with zero attached hydrogens (tertiary/aromatic N) is 3. The lowest BCUT2D eigenvalue weighted by molar-refractivity contribution is -0.145. The van der Waals surface area contributed by atoms with E-state index in [9.17, 15) is 14.0 Å². The third-order valence-electron chi connectivity index (χ3n) is 5.14. The van der Waals surface area contributed by atoms with Gasteiger partial charge in [-0.2, -0.15) is 5.21 Å². The first-order chi connectivity index (χ1) is 16.5. The van der Waals surface area contributed by atoms with E-state index >= 15 is 0 Å². The smallest absolute Gasteiger partial charge is 0.328 e. The van der Waals surface area contributed by atoms with E-state index in [1.807, 2.05) is 31.2 Å². The number of nitrogens with one attached hydrogen (secondary N) is 2. The Morgan fingerprint density at radius 1 is 1.18 bits per heavy atom. The second kappa shape index (κ2) is 10.1. The minimum absolute atomic E-state index is 0.00844. The number of aromatic amines is 1. The summed E-state index contributed by atoms with van der Waals surface area (Å²) in [6, 6.07) is 12.6. The van der Waals surface area contributed by atoms with Gasteiger partial charge >= 0.3 is 5.97 Å². The highest BCUT2D eigenvalue weighted by Gasteiger charge is 2.26. The molecule has 0 bridgehead atoms. The van der Waals surface area contributed by atoms with Gasteiger partial charge in [0.05, 0.1) is 18.4 Å². The number of amides is 1. The quantitative estimate of drug-likeness (QED) is 0.384. The zero-order valence-electron chi connectivity index (χ0n) is 18.5. The molecule has 0 saturated carbocycles. The Kier molecular flexibility index (Phi) is 6.77. The number of aryl methyl sites for hydroxylation is 1. The second-order valence-corrected chi connectivity index (χ2v) is 7.56. The van der Waals surface area contributed by atoms with Crippen molar-refractivity contribution in [2.75, 3.05) is 6.61 Å². The fraction of sp³-hybridized carbons (Fsp3) is 0.208. The van der Waals surface area contributed by atoms with Crippen LogP contribution in [0.4, 0.5) is 4.39 Å². The van der Waals surface area contributed by atoms with Crippen molar-refractivity contribution in [3.05, 3.63) is 77.5 Å². The lowest BCUT2D eigenvalue weighted by Crippen LogP contribution is -2.43. The molecular formula is C24H22FN5O4. The fourth-order valence-electron chi connectivity index (χ4n) is 3.56. The van der Waals surface area contributed by atoms with Gasteiger partial charge in [0, 0.05) is 12.0 Å². The third kappa shape index (κ3) is 5.01. The number of benzene rings is 2. The molecule has 10 heteroatoms. The van der Waals surface area contributed by atoms with Crippen LogP contribution in [0.1, 0.15) is 28.6 Å². The van der Waals surface area contributed by atoms with E-state index in [4.69, 9.17) is 9.15 Å². The van der Waals surface area contributed by atoms with Crippen LogP contribution in [-0.2, 0) is 16.0 Å². The highest BCUT2D eigenvalue weighted by atomic mass is 19.1. The normalized spacial score (nSPS) is 11.7. The molecule has 0 aliphatic carbocycles. The molecule has 2 N–H and O–H groups in total. The molecule has 0 spiro atoms. The molecule has 0 aliphatic rings. The summed E-state index contributed by atoms with van der Waals surface area (Å²) in [5.41, 5.74) is 3.07. The molecule has 4 rings (SSSR count). The molecule has 2 heterocycles. The van der Waals surface area contributed by atoms with Crippen LogP contribution in [0.5, 0.6) is 0 Å². The zero-order chi connectivity index (χ0) is 24.1. The van der Waals surface area contributed by atoms with Crippen LogP contribution in [0, 0.1) is 12.7 Å². The monoisotopic (exact) mass is 463 g/mol. The van der Waals surface area contributed by atoms with Crippen LogP contribution in [-0.4, -0.2) is 45.1 Å². The van der Waals surface area contributed by atoms with Crippen molar-refractivity contribution in [2.45, 2.75) is 26.3 Å². The summed E-state index contributed by atoms with van der Waals surface area (Å²) in [4.78, 5) is 25.7. The molecule has 2 aromatic heterocycles. The Morgan fingerprint density at radius 3 is 2.74 bits per heavy atom. The lowest BCUT2D eigenvalue weighted by Gasteiger charge is -2.17. The molecule has 2 aromatic carbocycles. The van der Waals surface area contributed by atoms with Crippen molar-refractivity contribution in [1.82, 2.24) is 25.9 Å². The fourth-order valence-corrected chi connectivity index (χ4v) is 3.56. The maximum atomic E-state index is 14.6. The van der Waals surface area contributed by atoms with E-state index in [0.717, 1.165) is 11.1 Å². The Balaban J connectivity index is 1.56. The van der Waals surface area contributed by atoms with Gasteiger partial charge in [0.25, 0.3) is 5.91 Å². The van der Waals surface area contributed by atoms with Crippen molar-refractivity contribution in [3.8, 4) is 22.5 Å². The molecule has 174 valence electrons. The number of aromatic nitrogens is 4. The number of halogens is 1. The van der Waals surface area contributed by atoms with Gasteiger partial charge in [0.1, 0.15) is 11.9 Å². The van der Waals surface area contributed by atoms with Gasteiger partial charge in [0.2, 0.25) is 5.82 Å². The van der Waals surface area contributed by atoms with Gasteiger partial charge in [-0.25, -0.2) is 9.18 Å². The van der Waals surface area contributed by atoms with Gasteiger partial charge in [-0.3, -0.25) is 4.79 Å². The average molecular weight is 463 g/mol. The molecule has 4 aromatic rings. The van der Waals surface area contributed by atoms with Crippen LogP contribution in [0.15, 0.2) is 59.2 Å². The van der Waals surface area contributed by atoms with E-state index in [2.05, 4.69) is 25.9 Å². The molecule has 34 heavy (non-hydrogen) atoms. The van der Waals surface area contributed by atoms with Crippen molar-refractivity contribution in [1.29, 1.82) is 0 Å². The summed E-state index contributed by atoms with van der Waals surface area (Å²) < 4.78 is 25.2. The number of hydrogen-bond acceptors (Lipinski definition) is 7. The van der Waals surface area contributed by atoms with Crippen LogP contribution in [0.2, 0.25) is 0 Å². The van der Waals surface area contributed by atoms with Gasteiger partial charge < -0.3 is 14.5 Å². The highest BCUT2D eigenvalue weighted by molar-refractivity contribution is 6.00. The Morgan fingerprint density at radius 2 is 2.03 bits per heavy atom. The minimum Gasteiger partial charge on any atom is -0.464 e. The van der Waals surface area contributed by atoms with E-state index in [0.29, 0.717) is 11.1 Å². The summed E-state index contributed by atoms with van der Waals surface area (Å²) in [5, 5.41) is 15.9. The van der Waals surface area contributed by atoms with Crippen LogP contribution < -0.4 is 5.32 Å². The van der Waals surface area contributed by atoms with Crippen molar-refractivity contribution in [3.63, 3.8) is 0 Å². The minimum atomic E-state index is -1.06. The zero-order valence-corrected chi connectivity index (χ0v) is 18.5. The average Bonchev–Trinajstić information content (AvgIpc) is 3.51. The topological polar surface area (TPSA) is 123 Å². The number of hydrogen-bond donors (Lipinski definition) is 2. The molecule has 0 radical (unpaired) electrons. The molecule has 1 atom stereocenters. The van der Waals surface area contributed by atoms with Crippen molar-refractivity contribution in [2.24, 2.45) is 0 Å². The number of furan rings is 1. The number of carbonyl (C=O) groups is 2. The molecule has 0 fully saturated rings. The van der Waals surface area contributed by atoms with Crippen LogP contribution in [0.25, 0.3) is 22.5 Å². The molecule has 0 aliphatic heterocycles. The summed E-state index contributed by atoms with van der Waals surface area (Å²) in [6.45, 7) is 3.74. The van der Waals surface area contributed by atoms with E-state index in [-0.39, 0.29) is 30.2 Å². The van der Waals surface area contributed by atoms with Gasteiger partial charge in [-0.15, -0.1) is 10.2 Å². The number of ether oxygens (including phenoxy) is 1. The van der Waals surface area contributed by atoms with Crippen molar-refractivity contribution >= 4 is 11.9 Å². The molecule has 1 amide bonds. The molecule has 0 saturated heterocycles. The largest absolute Gasteiger partial charge is 0.464 e. The predicted molar refractivity (Wildman–Crippen MR) is 120 cm³/mol. The maximum Gasteiger partial charge on any atom is 0.328 e. The third-order valence-corrected chi connectivity index (χ3v) is 5.14. The van der Waals surface area contributed by atoms with E-state index in [1.165, 1.54) is 18.4 Å². The SMILES string of the molecule is CCOC(=O)C(Cc1ccc(-c2nn[nH]n2)c(F)c1)NC(=O)c1occc1-c1cccc(C)c1. The van der Waals surface area contributed by atoms with Gasteiger partial charge in [0.15, 0.2) is 5.76 Å². The van der Waals surface area contributed by atoms with Crippen LogP contribution in [0.3, 0.4) is 0 Å². The Bertz CT molecular complexity index is 1300. The van der Waals surface area contributed by atoms with Crippen molar-refractivity contribution < 1.29 is 23.1 Å². The van der Waals surface area contributed by atoms with Crippen LogP contribution >= 0.6 is 0 Å². The Labute approximate surface area is 194 Å². The number of tetrazole rings is 1. The molecule has 1 unspecified atom stereocenters. The summed E-state index contributed by atoms with van der Waals surface area (Å²) in [5.74, 6) is -1.62. The molecular weight excluding hydrogens is 441 g/mol. The highest BCUT2D eigenvalue weighted by Crippen LogP contribution is 2.26. The number of carbonyl (C=O) groups excluding carboxylic acids is 2. The predicted octanol–water partition coefficient (Wildman–Crippen LogP) is 3.48. The van der Waals surface area contributed by atoms with Gasteiger partial charge in [-0.05, 0) is 48.4 Å². The first kappa shape index (κ1) is 22.8. The number of esters is 1. The maximum absolute atomic E-state index is 14.6. The van der Waals surface area contributed by atoms with E-state index < -0.39 is 23.7 Å². The standard InChI is InChI=1S/C24H22FN5O4/c1-3-33-24(32)20(13-15-7-8-18(19(25)12-15)22-27-29-30-28-22)26-23(31)21-17(9-10-34-21)16-6-4-5-14(2)11-16/h4-12,20H,3,13H2,1-2H3,(H,26,31)(H,27,28,29,30).